The minimum absolute atomic E-state index is 0.0318. The van der Waals surface area contributed by atoms with E-state index in [9.17, 15) is 4.79 Å². The summed E-state index contributed by atoms with van der Waals surface area (Å²) in [7, 11) is 1.52. The van der Waals surface area contributed by atoms with Gasteiger partial charge in [-0.1, -0.05) is 11.6 Å². The van der Waals surface area contributed by atoms with Crippen molar-refractivity contribution in [2.75, 3.05) is 7.11 Å². The molecule has 0 saturated heterocycles. The summed E-state index contributed by atoms with van der Waals surface area (Å²) in [6, 6.07) is 6.81. The lowest BCUT2D eigenvalue weighted by molar-refractivity contribution is 0.104. The third kappa shape index (κ3) is 2.70. The van der Waals surface area contributed by atoms with Gasteiger partial charge >= 0.3 is 0 Å². The summed E-state index contributed by atoms with van der Waals surface area (Å²) in [5.74, 6) is 0.476. The molecule has 0 atom stereocenters. The molecule has 0 aliphatic carbocycles. The van der Waals surface area contributed by atoms with Gasteiger partial charge in [-0.15, -0.1) is 11.3 Å². The van der Waals surface area contributed by atoms with Gasteiger partial charge in [0.1, 0.15) is 5.75 Å². The molecule has 0 aliphatic rings. The van der Waals surface area contributed by atoms with E-state index >= 15 is 0 Å². The number of thiophene rings is 1. The molecular weight excluding hydrogens is 324 g/mol. The highest BCUT2D eigenvalue weighted by Gasteiger charge is 2.13. The van der Waals surface area contributed by atoms with Gasteiger partial charge in [0.15, 0.2) is 0 Å². The molecule has 1 heterocycles. The average molecular weight is 332 g/mol. The molecule has 2 aromatic rings. The summed E-state index contributed by atoms with van der Waals surface area (Å²) in [4.78, 5) is 12.8. The smallest absolute Gasteiger partial charge is 0.203 e. The van der Waals surface area contributed by atoms with Gasteiger partial charge in [-0.2, -0.15) is 0 Å². The number of ether oxygens (including phenoxy) is 1. The number of benzene rings is 1. The van der Waals surface area contributed by atoms with Gasteiger partial charge in [-0.3, -0.25) is 4.79 Å². The molecule has 1 aromatic heterocycles. The highest BCUT2D eigenvalue weighted by atomic mass is 79.9. The molecule has 0 aliphatic heterocycles. The second-order valence-electron chi connectivity index (χ2n) is 3.31. The maximum absolute atomic E-state index is 12.1. The Morgan fingerprint density at radius 2 is 2.18 bits per heavy atom. The highest BCUT2D eigenvalue weighted by molar-refractivity contribution is 9.10. The number of ketones is 1. The van der Waals surface area contributed by atoms with Crippen LogP contribution in [-0.4, -0.2) is 12.9 Å². The molecule has 1 aromatic carbocycles. The fourth-order valence-corrected chi connectivity index (χ4v) is 2.96. The molecule has 0 N–H and O–H groups in total. The van der Waals surface area contributed by atoms with Crippen LogP contribution >= 0.6 is 38.9 Å². The topological polar surface area (TPSA) is 26.3 Å². The number of methoxy groups -OCH3 is 1. The largest absolute Gasteiger partial charge is 0.495 e. The van der Waals surface area contributed by atoms with Crippen LogP contribution in [0.15, 0.2) is 34.1 Å². The molecule has 0 saturated carbocycles. The van der Waals surface area contributed by atoms with Crippen molar-refractivity contribution in [3.05, 3.63) is 49.6 Å². The Kier molecular flexibility index (Phi) is 3.86. The van der Waals surface area contributed by atoms with Crippen molar-refractivity contribution >= 4 is 44.7 Å². The lowest BCUT2D eigenvalue weighted by atomic mass is 10.1. The Balaban J connectivity index is 2.37. The summed E-state index contributed by atoms with van der Waals surface area (Å²) in [5, 5.41) is 2.37. The molecule has 2 rings (SSSR count). The minimum Gasteiger partial charge on any atom is -0.495 e. The number of carbonyl (C=O) groups is 1. The molecule has 0 fully saturated rings. The molecule has 0 unspecified atom stereocenters. The van der Waals surface area contributed by atoms with Gasteiger partial charge in [0.05, 0.1) is 17.0 Å². The zero-order chi connectivity index (χ0) is 12.4. The molecular formula is C12H8BrClO2S. The number of halogens is 2. The predicted octanol–water partition coefficient (Wildman–Crippen LogP) is 4.40. The van der Waals surface area contributed by atoms with Crippen molar-refractivity contribution < 1.29 is 9.53 Å². The van der Waals surface area contributed by atoms with E-state index < -0.39 is 0 Å². The molecule has 2 nitrogen and oxygen atoms in total. The SMILES string of the molecule is COc1cc(C(=O)c2cc(Br)cs2)ccc1Cl. The van der Waals surface area contributed by atoms with Crippen LogP contribution in [-0.2, 0) is 0 Å². The third-order valence-corrected chi connectivity index (χ3v) is 4.21. The van der Waals surface area contributed by atoms with E-state index in [-0.39, 0.29) is 5.78 Å². The van der Waals surface area contributed by atoms with E-state index in [4.69, 9.17) is 16.3 Å². The van der Waals surface area contributed by atoms with Crippen LogP contribution in [0, 0.1) is 0 Å². The number of carbonyl (C=O) groups excluding carboxylic acids is 1. The van der Waals surface area contributed by atoms with Crippen molar-refractivity contribution in [3.63, 3.8) is 0 Å². The van der Waals surface area contributed by atoms with Crippen LogP contribution in [0.2, 0.25) is 5.02 Å². The zero-order valence-electron chi connectivity index (χ0n) is 8.87. The Labute approximate surface area is 116 Å². The Bertz CT molecular complexity index is 565. The molecule has 0 radical (unpaired) electrons. The third-order valence-electron chi connectivity index (χ3n) is 2.20. The first-order valence-electron chi connectivity index (χ1n) is 4.74. The summed E-state index contributed by atoms with van der Waals surface area (Å²) in [6.45, 7) is 0. The first kappa shape index (κ1) is 12.6. The zero-order valence-corrected chi connectivity index (χ0v) is 12.0. The van der Waals surface area contributed by atoms with Crippen molar-refractivity contribution in [1.29, 1.82) is 0 Å². The van der Waals surface area contributed by atoms with Gasteiger partial charge in [0, 0.05) is 15.4 Å². The first-order valence-corrected chi connectivity index (χ1v) is 6.79. The summed E-state index contributed by atoms with van der Waals surface area (Å²) >= 11 is 10.6. The van der Waals surface area contributed by atoms with Crippen molar-refractivity contribution in [1.82, 2.24) is 0 Å². The Hall–Kier alpha value is -0.840. The summed E-state index contributed by atoms with van der Waals surface area (Å²) in [5.41, 5.74) is 0.570. The molecule has 0 bridgehead atoms. The van der Waals surface area contributed by atoms with E-state index in [2.05, 4.69) is 15.9 Å². The van der Waals surface area contributed by atoms with Gasteiger partial charge in [-0.25, -0.2) is 0 Å². The van der Waals surface area contributed by atoms with Crippen molar-refractivity contribution in [2.45, 2.75) is 0 Å². The van der Waals surface area contributed by atoms with Crippen LogP contribution in [0.1, 0.15) is 15.2 Å². The van der Waals surface area contributed by atoms with Crippen LogP contribution < -0.4 is 4.74 Å². The lowest BCUT2D eigenvalue weighted by Gasteiger charge is -2.04. The normalized spacial score (nSPS) is 10.3. The molecule has 17 heavy (non-hydrogen) atoms. The molecule has 5 heteroatoms. The second kappa shape index (κ2) is 5.21. The van der Waals surface area contributed by atoms with Gasteiger partial charge in [-0.05, 0) is 40.2 Å². The number of hydrogen-bond acceptors (Lipinski definition) is 3. The van der Waals surface area contributed by atoms with Crippen LogP contribution in [0.5, 0.6) is 5.75 Å². The standard InChI is InChI=1S/C12H8BrClO2S/c1-16-10-4-7(2-3-9(10)14)12(15)11-5-8(13)6-17-11/h2-6H,1H3. The van der Waals surface area contributed by atoms with E-state index in [1.807, 2.05) is 5.38 Å². The van der Waals surface area contributed by atoms with Gasteiger partial charge < -0.3 is 4.74 Å². The van der Waals surface area contributed by atoms with Crippen molar-refractivity contribution in [3.8, 4) is 5.75 Å². The highest BCUT2D eigenvalue weighted by Crippen LogP contribution is 2.28. The lowest BCUT2D eigenvalue weighted by Crippen LogP contribution is -1.99. The van der Waals surface area contributed by atoms with E-state index in [1.54, 1.807) is 24.3 Å². The Morgan fingerprint density at radius 3 is 2.76 bits per heavy atom. The fraction of sp³-hybridized carbons (Fsp3) is 0.0833. The molecule has 0 spiro atoms. The number of rotatable bonds is 3. The maximum atomic E-state index is 12.1. The van der Waals surface area contributed by atoms with E-state index in [0.29, 0.717) is 21.2 Å². The minimum atomic E-state index is -0.0318. The quantitative estimate of drug-likeness (QED) is 0.779. The van der Waals surface area contributed by atoms with Gasteiger partial charge in [0.25, 0.3) is 0 Å². The maximum Gasteiger partial charge on any atom is 0.203 e. The second-order valence-corrected chi connectivity index (χ2v) is 5.54. The summed E-state index contributed by atoms with van der Waals surface area (Å²) in [6.07, 6.45) is 0. The monoisotopic (exact) mass is 330 g/mol. The van der Waals surface area contributed by atoms with E-state index in [0.717, 1.165) is 4.47 Å². The number of hydrogen-bond donors (Lipinski definition) is 0. The van der Waals surface area contributed by atoms with Crippen LogP contribution in [0.4, 0.5) is 0 Å². The fourth-order valence-electron chi connectivity index (χ4n) is 1.38. The first-order chi connectivity index (χ1) is 8.11. The van der Waals surface area contributed by atoms with Crippen LogP contribution in [0.25, 0.3) is 0 Å². The van der Waals surface area contributed by atoms with Gasteiger partial charge in [0.2, 0.25) is 5.78 Å². The van der Waals surface area contributed by atoms with Crippen LogP contribution in [0.3, 0.4) is 0 Å². The molecule has 0 amide bonds. The van der Waals surface area contributed by atoms with E-state index in [1.165, 1.54) is 18.4 Å². The Morgan fingerprint density at radius 1 is 1.41 bits per heavy atom. The summed E-state index contributed by atoms with van der Waals surface area (Å²) < 4.78 is 6.00. The molecule has 88 valence electrons. The predicted molar refractivity (Wildman–Crippen MR) is 73.5 cm³/mol. The average Bonchev–Trinajstić information content (AvgIpc) is 2.75. The van der Waals surface area contributed by atoms with Crippen molar-refractivity contribution in [2.24, 2.45) is 0 Å².